The molecule has 0 aliphatic carbocycles. The molecule has 0 radical (unpaired) electrons. The highest BCUT2D eigenvalue weighted by molar-refractivity contribution is 9.10. The van der Waals surface area contributed by atoms with Crippen molar-refractivity contribution in [3.63, 3.8) is 0 Å². The highest BCUT2D eigenvalue weighted by atomic mass is 79.9. The maximum absolute atomic E-state index is 11.2. The van der Waals surface area contributed by atoms with Crippen LogP contribution in [0.15, 0.2) is 22.7 Å². The topological polar surface area (TPSA) is 34.1 Å². The van der Waals surface area contributed by atoms with E-state index >= 15 is 0 Å². The van der Waals surface area contributed by atoms with Gasteiger partial charge in [-0.2, -0.15) is 0 Å². The molecule has 0 unspecified atom stereocenters. The lowest BCUT2D eigenvalue weighted by Gasteiger charge is -2.04. The van der Waals surface area contributed by atoms with Gasteiger partial charge in [0.2, 0.25) is 0 Å². The minimum Gasteiger partial charge on any atom is -0.298 e. The van der Waals surface area contributed by atoms with Gasteiger partial charge in [0.25, 0.3) is 5.24 Å². The van der Waals surface area contributed by atoms with Gasteiger partial charge in [0.15, 0.2) is 5.78 Å². The fourth-order valence-corrected chi connectivity index (χ4v) is 1.85. The van der Waals surface area contributed by atoms with Gasteiger partial charge in [-0.15, -0.1) is 11.6 Å². The maximum Gasteiger partial charge on any atom is 0.252 e. The molecular formula is C10H7BrCl2O2. The molecule has 0 bridgehead atoms. The van der Waals surface area contributed by atoms with Crippen LogP contribution in [0, 0.1) is 0 Å². The molecule has 80 valence electrons. The first-order valence-electron chi connectivity index (χ1n) is 4.10. The maximum atomic E-state index is 11.2. The number of ketones is 1. The fraction of sp³-hybridized carbons (Fsp3) is 0.200. The van der Waals surface area contributed by atoms with Crippen molar-refractivity contribution in [3.05, 3.63) is 33.8 Å². The fourth-order valence-electron chi connectivity index (χ4n) is 1.16. The van der Waals surface area contributed by atoms with Crippen molar-refractivity contribution in [2.24, 2.45) is 0 Å². The van der Waals surface area contributed by atoms with E-state index in [2.05, 4.69) is 15.9 Å². The van der Waals surface area contributed by atoms with Crippen LogP contribution < -0.4 is 0 Å². The highest BCUT2D eigenvalue weighted by Crippen LogP contribution is 2.19. The van der Waals surface area contributed by atoms with E-state index in [1.165, 1.54) is 0 Å². The first-order valence-corrected chi connectivity index (χ1v) is 5.81. The van der Waals surface area contributed by atoms with E-state index in [4.69, 9.17) is 23.2 Å². The van der Waals surface area contributed by atoms with Crippen molar-refractivity contribution in [1.82, 2.24) is 0 Å². The molecule has 0 aliphatic heterocycles. The standard InChI is InChI=1S/C10H7BrCl2O2/c11-7-1-2-9(10(13)15)6(3-7)4-8(14)5-12/h1-3H,4-5H2. The summed E-state index contributed by atoms with van der Waals surface area (Å²) < 4.78 is 0.793. The Kier molecular flexibility index (Phi) is 4.77. The van der Waals surface area contributed by atoms with Gasteiger partial charge in [-0.05, 0) is 35.4 Å². The Labute approximate surface area is 106 Å². The van der Waals surface area contributed by atoms with Crippen LogP contribution in [0.3, 0.4) is 0 Å². The number of rotatable bonds is 4. The number of Topliss-reactive ketones (excluding diaryl/α,β-unsaturated/α-hetero) is 1. The summed E-state index contributed by atoms with van der Waals surface area (Å²) in [4.78, 5) is 22.2. The van der Waals surface area contributed by atoms with Crippen LogP contribution >= 0.6 is 39.1 Å². The van der Waals surface area contributed by atoms with Gasteiger partial charge in [-0.3, -0.25) is 9.59 Å². The lowest BCUT2D eigenvalue weighted by atomic mass is 10.0. The first-order chi connectivity index (χ1) is 7.04. The lowest BCUT2D eigenvalue weighted by Crippen LogP contribution is -2.07. The number of hydrogen-bond donors (Lipinski definition) is 0. The molecule has 5 heteroatoms. The summed E-state index contributed by atoms with van der Waals surface area (Å²) in [5, 5.41) is -0.570. The summed E-state index contributed by atoms with van der Waals surface area (Å²) >= 11 is 14.0. The molecule has 1 aromatic carbocycles. The van der Waals surface area contributed by atoms with E-state index in [-0.39, 0.29) is 18.1 Å². The average Bonchev–Trinajstić information content (AvgIpc) is 2.17. The molecule has 0 amide bonds. The van der Waals surface area contributed by atoms with E-state index in [1.807, 2.05) is 0 Å². The predicted octanol–water partition coefficient (Wildman–Crippen LogP) is 3.18. The third-order valence-corrected chi connectivity index (χ3v) is 2.81. The Balaban J connectivity index is 3.07. The number of alkyl halides is 1. The Morgan fingerprint density at radius 2 is 2.00 bits per heavy atom. The first kappa shape index (κ1) is 12.7. The number of carbonyl (C=O) groups is 2. The van der Waals surface area contributed by atoms with Gasteiger partial charge in [-0.25, -0.2) is 0 Å². The van der Waals surface area contributed by atoms with Crippen LogP contribution in [0.5, 0.6) is 0 Å². The second-order valence-electron chi connectivity index (χ2n) is 2.92. The monoisotopic (exact) mass is 308 g/mol. The smallest absolute Gasteiger partial charge is 0.252 e. The molecule has 0 saturated carbocycles. The zero-order valence-electron chi connectivity index (χ0n) is 7.60. The van der Waals surface area contributed by atoms with Gasteiger partial charge in [-0.1, -0.05) is 15.9 Å². The van der Waals surface area contributed by atoms with Crippen LogP contribution in [0.1, 0.15) is 15.9 Å². The molecular weight excluding hydrogens is 303 g/mol. The Bertz CT molecular complexity index is 404. The van der Waals surface area contributed by atoms with E-state index in [9.17, 15) is 9.59 Å². The molecule has 0 saturated heterocycles. The van der Waals surface area contributed by atoms with Gasteiger partial charge in [0.05, 0.1) is 5.88 Å². The molecule has 0 atom stereocenters. The number of carbonyl (C=O) groups excluding carboxylic acids is 2. The molecule has 1 aromatic rings. The van der Waals surface area contributed by atoms with Crippen molar-refractivity contribution in [1.29, 1.82) is 0 Å². The summed E-state index contributed by atoms with van der Waals surface area (Å²) in [5.74, 6) is -0.212. The van der Waals surface area contributed by atoms with Crippen molar-refractivity contribution in [2.45, 2.75) is 6.42 Å². The van der Waals surface area contributed by atoms with Crippen LogP contribution in [-0.2, 0) is 11.2 Å². The zero-order valence-corrected chi connectivity index (χ0v) is 10.7. The van der Waals surface area contributed by atoms with Crippen molar-refractivity contribution in [2.75, 3.05) is 5.88 Å². The minimum absolute atomic E-state index is 0.0670. The number of hydrogen-bond acceptors (Lipinski definition) is 2. The second kappa shape index (κ2) is 5.64. The van der Waals surface area contributed by atoms with Crippen molar-refractivity contribution < 1.29 is 9.59 Å². The Hall–Kier alpha value is -0.380. The summed E-state index contributed by atoms with van der Waals surface area (Å²) in [7, 11) is 0. The van der Waals surface area contributed by atoms with E-state index in [0.29, 0.717) is 11.1 Å². The lowest BCUT2D eigenvalue weighted by molar-refractivity contribution is -0.116. The third kappa shape index (κ3) is 3.59. The Morgan fingerprint density at radius 1 is 1.33 bits per heavy atom. The van der Waals surface area contributed by atoms with Gasteiger partial charge < -0.3 is 0 Å². The molecule has 0 fully saturated rings. The SMILES string of the molecule is O=C(CCl)Cc1cc(Br)ccc1C(=O)Cl. The van der Waals surface area contributed by atoms with Crippen molar-refractivity contribution >= 4 is 50.2 Å². The predicted molar refractivity (Wildman–Crippen MR) is 63.8 cm³/mol. The van der Waals surface area contributed by atoms with Gasteiger partial charge in [0, 0.05) is 16.5 Å². The second-order valence-corrected chi connectivity index (χ2v) is 4.45. The van der Waals surface area contributed by atoms with Crippen LogP contribution in [0.25, 0.3) is 0 Å². The Morgan fingerprint density at radius 3 is 2.53 bits per heavy atom. The average molecular weight is 310 g/mol. The quantitative estimate of drug-likeness (QED) is 0.632. The number of benzene rings is 1. The molecule has 0 aromatic heterocycles. The summed E-state index contributed by atoms with van der Waals surface area (Å²) in [6.45, 7) is 0. The zero-order chi connectivity index (χ0) is 11.4. The van der Waals surface area contributed by atoms with Crippen LogP contribution in [-0.4, -0.2) is 16.9 Å². The van der Waals surface area contributed by atoms with Gasteiger partial charge >= 0.3 is 0 Å². The summed E-state index contributed by atoms with van der Waals surface area (Å²) in [5.41, 5.74) is 0.938. The molecule has 2 nitrogen and oxygen atoms in total. The normalized spacial score (nSPS) is 10.1. The summed E-state index contributed by atoms with van der Waals surface area (Å²) in [6, 6.07) is 4.97. The van der Waals surface area contributed by atoms with Crippen molar-refractivity contribution in [3.8, 4) is 0 Å². The van der Waals surface area contributed by atoms with E-state index < -0.39 is 5.24 Å². The molecule has 0 heterocycles. The largest absolute Gasteiger partial charge is 0.298 e. The van der Waals surface area contributed by atoms with E-state index in [0.717, 1.165) is 4.47 Å². The highest BCUT2D eigenvalue weighted by Gasteiger charge is 2.12. The number of halogens is 3. The molecule has 0 aliphatic rings. The third-order valence-electron chi connectivity index (χ3n) is 1.82. The van der Waals surface area contributed by atoms with E-state index in [1.54, 1.807) is 18.2 Å². The minimum atomic E-state index is -0.570. The molecule has 15 heavy (non-hydrogen) atoms. The summed E-state index contributed by atoms with van der Waals surface area (Å²) in [6.07, 6.45) is 0.122. The van der Waals surface area contributed by atoms with Crippen LogP contribution in [0.2, 0.25) is 0 Å². The van der Waals surface area contributed by atoms with Gasteiger partial charge in [0.1, 0.15) is 0 Å². The molecule has 0 spiro atoms. The molecule has 0 N–H and O–H groups in total. The van der Waals surface area contributed by atoms with Crippen LogP contribution in [0.4, 0.5) is 0 Å². The molecule has 1 rings (SSSR count).